The molecule has 0 bridgehead atoms. The topological polar surface area (TPSA) is 93.5 Å². The molecule has 19 heavy (non-hydrogen) atoms. The predicted octanol–water partition coefficient (Wildman–Crippen LogP) is 0.533. The number of benzene rings is 1. The Hall–Kier alpha value is -2.24. The Morgan fingerprint density at radius 1 is 1.32 bits per heavy atom. The van der Waals surface area contributed by atoms with E-state index in [1.54, 1.807) is 12.1 Å². The molecule has 0 aliphatic rings. The van der Waals surface area contributed by atoms with Crippen LogP contribution in [0.2, 0.25) is 0 Å². The molecule has 0 aliphatic heterocycles. The zero-order valence-corrected chi connectivity index (χ0v) is 11.2. The summed E-state index contributed by atoms with van der Waals surface area (Å²) in [5.74, 6) is -0.0464. The fourth-order valence-corrected chi connectivity index (χ4v) is 1.47. The third-order valence-electron chi connectivity index (χ3n) is 2.47. The average Bonchev–Trinajstić information content (AvgIpc) is 2.42. The Kier molecular flexibility index (Phi) is 5.66. The van der Waals surface area contributed by atoms with Crippen molar-refractivity contribution >= 4 is 17.5 Å². The summed E-state index contributed by atoms with van der Waals surface area (Å²) in [5.41, 5.74) is 6.48. The Morgan fingerprint density at radius 2 is 2.05 bits per heavy atom. The average molecular weight is 265 g/mol. The number of anilines is 1. The second kappa shape index (κ2) is 7.25. The van der Waals surface area contributed by atoms with Crippen LogP contribution in [0.4, 0.5) is 5.69 Å². The van der Waals surface area contributed by atoms with Crippen molar-refractivity contribution in [2.75, 3.05) is 25.9 Å². The van der Waals surface area contributed by atoms with E-state index in [1.807, 2.05) is 6.92 Å². The summed E-state index contributed by atoms with van der Waals surface area (Å²) >= 11 is 0. The van der Waals surface area contributed by atoms with Crippen LogP contribution in [0, 0.1) is 0 Å². The summed E-state index contributed by atoms with van der Waals surface area (Å²) in [6, 6.07) is 4.72. The Balaban J connectivity index is 2.54. The van der Waals surface area contributed by atoms with Crippen LogP contribution in [0.1, 0.15) is 23.7 Å². The Bertz CT molecular complexity index is 460. The fourth-order valence-electron chi connectivity index (χ4n) is 1.47. The molecule has 0 unspecified atom stereocenters. The number of hydrogen-bond donors (Lipinski definition) is 3. The van der Waals surface area contributed by atoms with Gasteiger partial charge in [-0.1, -0.05) is 6.92 Å². The number of amides is 2. The van der Waals surface area contributed by atoms with E-state index in [1.165, 1.54) is 13.2 Å². The van der Waals surface area contributed by atoms with Crippen molar-refractivity contribution in [3.63, 3.8) is 0 Å². The van der Waals surface area contributed by atoms with Gasteiger partial charge in [0.1, 0.15) is 5.75 Å². The third kappa shape index (κ3) is 4.50. The third-order valence-corrected chi connectivity index (χ3v) is 2.47. The van der Waals surface area contributed by atoms with Crippen LogP contribution in [0.25, 0.3) is 0 Å². The molecule has 2 amide bonds. The molecule has 0 aliphatic carbocycles. The fraction of sp³-hybridized carbons (Fsp3) is 0.385. The summed E-state index contributed by atoms with van der Waals surface area (Å²) in [6.07, 6.45) is 0.856. The van der Waals surface area contributed by atoms with E-state index >= 15 is 0 Å². The molecule has 0 heterocycles. The Labute approximate surface area is 112 Å². The van der Waals surface area contributed by atoms with Crippen molar-refractivity contribution in [1.82, 2.24) is 10.6 Å². The number of methoxy groups -OCH3 is 1. The quantitative estimate of drug-likeness (QED) is 0.654. The highest BCUT2D eigenvalue weighted by molar-refractivity contribution is 5.97. The maximum Gasteiger partial charge on any atom is 0.251 e. The first-order valence-corrected chi connectivity index (χ1v) is 6.07. The summed E-state index contributed by atoms with van der Waals surface area (Å²) in [6.45, 7) is 2.51. The lowest BCUT2D eigenvalue weighted by Gasteiger charge is -2.08. The van der Waals surface area contributed by atoms with Crippen molar-refractivity contribution in [2.24, 2.45) is 0 Å². The van der Waals surface area contributed by atoms with Crippen molar-refractivity contribution in [2.45, 2.75) is 13.3 Å². The van der Waals surface area contributed by atoms with Crippen molar-refractivity contribution < 1.29 is 14.3 Å². The van der Waals surface area contributed by atoms with Gasteiger partial charge in [-0.05, 0) is 24.6 Å². The van der Waals surface area contributed by atoms with Crippen LogP contribution in [0.5, 0.6) is 5.75 Å². The molecule has 6 heteroatoms. The summed E-state index contributed by atoms with van der Waals surface area (Å²) < 4.78 is 5.00. The highest BCUT2D eigenvalue weighted by Crippen LogP contribution is 2.21. The van der Waals surface area contributed by atoms with Gasteiger partial charge in [0, 0.05) is 12.1 Å². The number of nitrogens with two attached hydrogens (primary N) is 1. The molecule has 0 saturated heterocycles. The number of rotatable bonds is 6. The number of carbonyl (C=O) groups is 2. The molecule has 0 radical (unpaired) electrons. The minimum absolute atomic E-state index is 0.0508. The number of carbonyl (C=O) groups excluding carboxylic acids is 2. The van der Waals surface area contributed by atoms with E-state index in [9.17, 15) is 9.59 Å². The van der Waals surface area contributed by atoms with Crippen molar-refractivity contribution in [1.29, 1.82) is 0 Å². The van der Waals surface area contributed by atoms with Gasteiger partial charge in [0.25, 0.3) is 5.91 Å². The SMILES string of the molecule is CCCNC(=O)CNC(=O)c1ccc(OC)c(N)c1. The van der Waals surface area contributed by atoms with Crippen LogP contribution < -0.4 is 21.1 Å². The largest absolute Gasteiger partial charge is 0.495 e. The highest BCUT2D eigenvalue weighted by Gasteiger charge is 2.09. The van der Waals surface area contributed by atoms with Crippen LogP contribution in [0.15, 0.2) is 18.2 Å². The van der Waals surface area contributed by atoms with Gasteiger partial charge in [-0.3, -0.25) is 9.59 Å². The standard InChI is InChI=1S/C13H19N3O3/c1-3-6-15-12(17)8-16-13(18)9-4-5-11(19-2)10(14)7-9/h4-5,7H,3,6,8,14H2,1-2H3,(H,15,17)(H,16,18). The van der Waals surface area contributed by atoms with Crippen LogP contribution >= 0.6 is 0 Å². The van der Waals surface area contributed by atoms with Gasteiger partial charge in [0.05, 0.1) is 19.3 Å². The van der Waals surface area contributed by atoms with Gasteiger partial charge in [-0.2, -0.15) is 0 Å². The minimum Gasteiger partial charge on any atom is -0.495 e. The molecular weight excluding hydrogens is 246 g/mol. The van der Waals surface area contributed by atoms with Crippen molar-refractivity contribution in [3.05, 3.63) is 23.8 Å². The molecule has 0 fully saturated rings. The second-order valence-electron chi connectivity index (χ2n) is 3.99. The van der Waals surface area contributed by atoms with Gasteiger partial charge in [0.2, 0.25) is 5.91 Å². The van der Waals surface area contributed by atoms with E-state index < -0.39 is 0 Å². The number of nitrogen functional groups attached to an aromatic ring is 1. The molecule has 0 atom stereocenters. The molecule has 0 saturated carbocycles. The van der Waals surface area contributed by atoms with Gasteiger partial charge in [-0.15, -0.1) is 0 Å². The summed E-state index contributed by atoms with van der Waals surface area (Å²) in [4.78, 5) is 23.1. The highest BCUT2D eigenvalue weighted by atomic mass is 16.5. The number of ether oxygens (including phenoxy) is 1. The summed E-state index contributed by atoms with van der Waals surface area (Å²) in [7, 11) is 1.50. The molecule has 1 rings (SSSR count). The molecule has 4 N–H and O–H groups in total. The number of hydrogen-bond acceptors (Lipinski definition) is 4. The van der Waals surface area contributed by atoms with E-state index in [-0.39, 0.29) is 18.4 Å². The van der Waals surface area contributed by atoms with Gasteiger partial charge >= 0.3 is 0 Å². The van der Waals surface area contributed by atoms with E-state index in [4.69, 9.17) is 10.5 Å². The smallest absolute Gasteiger partial charge is 0.251 e. The lowest BCUT2D eigenvalue weighted by Crippen LogP contribution is -2.37. The lowest BCUT2D eigenvalue weighted by molar-refractivity contribution is -0.120. The zero-order chi connectivity index (χ0) is 14.3. The number of nitrogens with one attached hydrogen (secondary N) is 2. The summed E-state index contributed by atoms with van der Waals surface area (Å²) in [5, 5.41) is 5.20. The predicted molar refractivity (Wildman–Crippen MR) is 73.0 cm³/mol. The lowest BCUT2D eigenvalue weighted by atomic mass is 10.2. The first-order chi connectivity index (χ1) is 9.08. The molecule has 104 valence electrons. The second-order valence-corrected chi connectivity index (χ2v) is 3.99. The minimum atomic E-state index is -0.346. The molecule has 1 aromatic carbocycles. The van der Waals surface area contributed by atoms with E-state index in [0.29, 0.717) is 23.5 Å². The maximum absolute atomic E-state index is 11.8. The van der Waals surface area contributed by atoms with Crippen LogP contribution in [-0.4, -0.2) is 32.0 Å². The van der Waals surface area contributed by atoms with Crippen LogP contribution in [-0.2, 0) is 4.79 Å². The van der Waals surface area contributed by atoms with Gasteiger partial charge in [0.15, 0.2) is 0 Å². The molecule has 1 aromatic rings. The Morgan fingerprint density at radius 3 is 2.63 bits per heavy atom. The zero-order valence-electron chi connectivity index (χ0n) is 11.2. The first-order valence-electron chi connectivity index (χ1n) is 6.07. The van der Waals surface area contributed by atoms with Crippen molar-refractivity contribution in [3.8, 4) is 5.75 Å². The molecule has 6 nitrogen and oxygen atoms in total. The first kappa shape index (κ1) is 14.8. The van der Waals surface area contributed by atoms with E-state index in [0.717, 1.165) is 6.42 Å². The van der Waals surface area contributed by atoms with Crippen LogP contribution in [0.3, 0.4) is 0 Å². The molecule has 0 aromatic heterocycles. The molecular formula is C13H19N3O3. The monoisotopic (exact) mass is 265 g/mol. The normalized spacial score (nSPS) is 9.79. The van der Waals surface area contributed by atoms with E-state index in [2.05, 4.69) is 10.6 Å². The maximum atomic E-state index is 11.8. The van der Waals surface area contributed by atoms with Gasteiger partial charge < -0.3 is 21.1 Å². The van der Waals surface area contributed by atoms with Gasteiger partial charge in [-0.25, -0.2) is 0 Å². The molecule has 0 spiro atoms.